The third-order valence-electron chi connectivity index (χ3n) is 10.4. The van der Waals surface area contributed by atoms with E-state index in [1.54, 1.807) is 6.07 Å². The van der Waals surface area contributed by atoms with Gasteiger partial charge in [0.05, 0.1) is 16.7 Å². The first-order valence-electron chi connectivity index (χ1n) is 15.9. The van der Waals surface area contributed by atoms with Gasteiger partial charge in [-0.1, -0.05) is 26.7 Å². The number of nitrogens with zero attached hydrogens (tertiary/aromatic N) is 4. The maximum Gasteiger partial charge on any atom is 0.418 e. The lowest BCUT2D eigenvalue weighted by Gasteiger charge is -2.39. The molecule has 0 N–H and O–H groups in total. The quantitative estimate of drug-likeness (QED) is 0.331. The Kier molecular flexibility index (Phi) is 9.06. The molecule has 0 aliphatic carbocycles. The number of benzene rings is 1. The minimum Gasteiger partial charge on any atom is -0.370 e. The summed E-state index contributed by atoms with van der Waals surface area (Å²) < 4.78 is 43.3. The summed E-state index contributed by atoms with van der Waals surface area (Å²) in [6, 6.07) is 5.62. The molecule has 0 radical (unpaired) electrons. The second kappa shape index (κ2) is 12.2. The van der Waals surface area contributed by atoms with Gasteiger partial charge in [-0.3, -0.25) is 9.69 Å². The van der Waals surface area contributed by atoms with Crippen LogP contribution in [0.5, 0.6) is 0 Å². The van der Waals surface area contributed by atoms with Crippen molar-refractivity contribution in [3.63, 3.8) is 0 Å². The lowest BCUT2D eigenvalue weighted by molar-refractivity contribution is -0.137. The van der Waals surface area contributed by atoms with E-state index in [0.717, 1.165) is 58.5 Å². The molecule has 4 fully saturated rings. The molecule has 0 aromatic heterocycles. The molecule has 4 aliphatic heterocycles. The van der Waals surface area contributed by atoms with E-state index in [0.29, 0.717) is 36.7 Å². The Morgan fingerprint density at radius 3 is 2.30 bits per heavy atom. The number of amides is 1. The third kappa shape index (κ3) is 6.04. The molecule has 1 aromatic rings. The van der Waals surface area contributed by atoms with Gasteiger partial charge in [0, 0.05) is 44.0 Å². The number of anilines is 2. The van der Waals surface area contributed by atoms with E-state index in [4.69, 9.17) is 0 Å². The van der Waals surface area contributed by atoms with Crippen molar-refractivity contribution in [2.45, 2.75) is 103 Å². The van der Waals surface area contributed by atoms with Gasteiger partial charge in [0.2, 0.25) is 5.91 Å². The fourth-order valence-corrected chi connectivity index (χ4v) is 8.11. The van der Waals surface area contributed by atoms with Gasteiger partial charge in [-0.2, -0.15) is 13.2 Å². The molecule has 4 heterocycles. The summed E-state index contributed by atoms with van der Waals surface area (Å²) in [4.78, 5) is 22.4. The first-order chi connectivity index (χ1) is 19.1. The van der Waals surface area contributed by atoms with Crippen LogP contribution in [0.3, 0.4) is 0 Å². The Morgan fingerprint density at radius 1 is 0.975 bits per heavy atom. The first kappa shape index (κ1) is 29.7. The van der Waals surface area contributed by atoms with Gasteiger partial charge in [-0.05, 0) is 102 Å². The summed E-state index contributed by atoms with van der Waals surface area (Å²) in [5.74, 6) is 0.589. The first-order valence-corrected chi connectivity index (χ1v) is 15.9. The van der Waals surface area contributed by atoms with E-state index in [1.165, 1.54) is 49.5 Å². The van der Waals surface area contributed by atoms with Crippen LogP contribution < -0.4 is 9.80 Å². The zero-order valence-corrected chi connectivity index (χ0v) is 24.8. The Labute approximate surface area is 239 Å². The summed E-state index contributed by atoms with van der Waals surface area (Å²) in [6.45, 7) is 12.5. The number of carbonyl (C=O) groups excluding carboxylic acids is 1. The molecule has 0 bridgehead atoms. The lowest BCUT2D eigenvalue weighted by atomic mass is 9.77. The van der Waals surface area contributed by atoms with Gasteiger partial charge in [-0.15, -0.1) is 0 Å². The predicted octanol–water partition coefficient (Wildman–Crippen LogP) is 6.80. The van der Waals surface area contributed by atoms with Crippen LogP contribution in [0.2, 0.25) is 0 Å². The second-order valence-electron chi connectivity index (χ2n) is 13.0. The molecule has 2 atom stereocenters. The normalized spacial score (nSPS) is 26.2. The van der Waals surface area contributed by atoms with Crippen molar-refractivity contribution in [2.75, 3.05) is 55.6 Å². The molecule has 4 saturated heterocycles. The Hall–Kier alpha value is -1.80. The molecular formula is C32H49F3N4O. The Bertz CT molecular complexity index is 1020. The summed E-state index contributed by atoms with van der Waals surface area (Å²) >= 11 is 0. The lowest BCUT2D eigenvalue weighted by Crippen LogP contribution is -2.46. The standard InChI is InChI=1S/C32H49F3N4O/c1-4-7-25(8-5-2)22-36-18-13-31(14-19-36)15-20-39(30(31)40)29-11-10-26(21-28(29)32(33,34)35)37-17-12-27(23-37)38-16-6-9-24(38)3/h10-11,21,24-25,27H,4-9,12-20,22-23H2,1-3H3/t24-,27-/m0/s1. The molecule has 40 heavy (non-hydrogen) atoms. The third-order valence-corrected chi connectivity index (χ3v) is 10.4. The van der Waals surface area contributed by atoms with Crippen LogP contribution >= 0.6 is 0 Å². The van der Waals surface area contributed by atoms with Crippen LogP contribution in [0, 0.1) is 11.3 Å². The van der Waals surface area contributed by atoms with Crippen molar-refractivity contribution in [3.05, 3.63) is 23.8 Å². The molecule has 1 spiro atoms. The number of halogens is 3. The zero-order valence-electron chi connectivity index (χ0n) is 24.8. The molecule has 5 rings (SSSR count). The number of hydrogen-bond acceptors (Lipinski definition) is 4. The van der Waals surface area contributed by atoms with E-state index >= 15 is 0 Å². The molecule has 4 aliphatic rings. The molecule has 1 aromatic carbocycles. The van der Waals surface area contributed by atoms with Crippen molar-refractivity contribution < 1.29 is 18.0 Å². The number of carbonyl (C=O) groups is 1. The van der Waals surface area contributed by atoms with E-state index in [9.17, 15) is 18.0 Å². The highest BCUT2D eigenvalue weighted by Crippen LogP contribution is 2.47. The number of rotatable bonds is 9. The molecule has 1 amide bonds. The maximum absolute atomic E-state index is 14.4. The summed E-state index contributed by atoms with van der Waals surface area (Å²) in [5.41, 5.74) is -0.533. The highest BCUT2D eigenvalue weighted by Gasteiger charge is 2.50. The van der Waals surface area contributed by atoms with Gasteiger partial charge in [-0.25, -0.2) is 0 Å². The van der Waals surface area contributed by atoms with Crippen LogP contribution in [0.1, 0.15) is 90.5 Å². The monoisotopic (exact) mass is 562 g/mol. The molecule has 0 unspecified atom stereocenters. The SMILES string of the molecule is CCCC(CCC)CN1CCC2(CC1)CCN(c1ccc(N3CC[C@H](N4CCC[C@@H]4C)C3)cc1C(F)(F)F)C2=O. The van der Waals surface area contributed by atoms with Crippen LogP contribution in [-0.2, 0) is 11.0 Å². The van der Waals surface area contributed by atoms with Crippen molar-refractivity contribution in [3.8, 4) is 0 Å². The van der Waals surface area contributed by atoms with E-state index in [1.807, 2.05) is 6.07 Å². The smallest absolute Gasteiger partial charge is 0.370 e. The highest BCUT2D eigenvalue weighted by molar-refractivity contribution is 6.00. The number of hydrogen-bond donors (Lipinski definition) is 0. The minimum atomic E-state index is -4.51. The molecule has 5 nitrogen and oxygen atoms in total. The van der Waals surface area contributed by atoms with Gasteiger partial charge < -0.3 is 14.7 Å². The summed E-state index contributed by atoms with van der Waals surface area (Å²) in [5, 5.41) is 0. The van der Waals surface area contributed by atoms with Gasteiger partial charge in [0.25, 0.3) is 0 Å². The van der Waals surface area contributed by atoms with Crippen molar-refractivity contribution in [1.29, 1.82) is 0 Å². The largest absolute Gasteiger partial charge is 0.418 e. The fraction of sp³-hybridized carbons (Fsp3) is 0.781. The highest BCUT2D eigenvalue weighted by atomic mass is 19.4. The van der Waals surface area contributed by atoms with Crippen molar-refractivity contribution in [2.24, 2.45) is 11.3 Å². The Balaban J connectivity index is 1.27. The van der Waals surface area contributed by atoms with Crippen LogP contribution in [0.25, 0.3) is 0 Å². The average Bonchev–Trinajstić information content (AvgIpc) is 3.65. The fourth-order valence-electron chi connectivity index (χ4n) is 8.11. The van der Waals surface area contributed by atoms with Gasteiger partial charge >= 0.3 is 6.18 Å². The number of alkyl halides is 3. The number of piperidine rings is 1. The Morgan fingerprint density at radius 2 is 1.68 bits per heavy atom. The minimum absolute atomic E-state index is 0.0374. The topological polar surface area (TPSA) is 30.0 Å². The van der Waals surface area contributed by atoms with Crippen LogP contribution in [0.4, 0.5) is 24.5 Å². The molecule has 8 heteroatoms. The predicted molar refractivity (Wildman–Crippen MR) is 156 cm³/mol. The zero-order chi connectivity index (χ0) is 28.5. The summed E-state index contributed by atoms with van der Waals surface area (Å²) in [7, 11) is 0. The van der Waals surface area contributed by atoms with E-state index in [2.05, 4.69) is 35.5 Å². The van der Waals surface area contributed by atoms with E-state index < -0.39 is 17.2 Å². The molecular weight excluding hydrogens is 513 g/mol. The maximum atomic E-state index is 14.4. The van der Waals surface area contributed by atoms with E-state index in [-0.39, 0.29) is 11.6 Å². The van der Waals surface area contributed by atoms with Crippen LogP contribution in [0.15, 0.2) is 18.2 Å². The van der Waals surface area contributed by atoms with Gasteiger partial charge in [0.1, 0.15) is 0 Å². The summed E-state index contributed by atoms with van der Waals surface area (Å²) in [6.07, 6.45) is 5.84. The van der Waals surface area contributed by atoms with Crippen molar-refractivity contribution in [1.82, 2.24) is 9.80 Å². The second-order valence-corrected chi connectivity index (χ2v) is 13.0. The molecule has 224 valence electrons. The molecule has 0 saturated carbocycles. The van der Waals surface area contributed by atoms with Gasteiger partial charge in [0.15, 0.2) is 0 Å². The van der Waals surface area contributed by atoms with Crippen LogP contribution in [-0.4, -0.2) is 73.6 Å². The average molecular weight is 563 g/mol. The number of likely N-dealkylation sites (tertiary alicyclic amines) is 2. The van der Waals surface area contributed by atoms with Crippen molar-refractivity contribution >= 4 is 17.3 Å².